The highest BCUT2D eigenvalue weighted by Crippen LogP contribution is 2.22. The molecule has 2 aromatic rings. The average Bonchev–Trinajstić information content (AvgIpc) is 2.91. The minimum atomic E-state index is -0.585. The quantitative estimate of drug-likeness (QED) is 0.0666. The van der Waals surface area contributed by atoms with Crippen LogP contribution in [0, 0.1) is 0 Å². The van der Waals surface area contributed by atoms with Gasteiger partial charge < -0.3 is 9.68 Å². The molecule has 0 unspecified atom stereocenters. The lowest BCUT2D eigenvalue weighted by Gasteiger charge is -2.10. The Morgan fingerprint density at radius 1 is 0.632 bits per heavy atom. The van der Waals surface area contributed by atoms with Crippen molar-refractivity contribution in [1.29, 1.82) is 0 Å². The fourth-order valence-electron chi connectivity index (χ4n) is 3.70. The Bertz CT molecular complexity index is 1160. The van der Waals surface area contributed by atoms with E-state index in [4.69, 9.17) is 9.68 Å². The van der Waals surface area contributed by atoms with Gasteiger partial charge in [-0.25, -0.2) is 9.59 Å². The Hall–Kier alpha value is -3.94. The normalized spacial score (nSPS) is 11.7. The summed E-state index contributed by atoms with van der Waals surface area (Å²) in [6.45, 7) is 6.63. The summed E-state index contributed by atoms with van der Waals surface area (Å²) >= 11 is 0. The molecule has 0 heterocycles. The Balaban J connectivity index is 2.28. The summed E-state index contributed by atoms with van der Waals surface area (Å²) in [4.78, 5) is 57.2. The predicted molar refractivity (Wildman–Crippen MR) is 147 cm³/mol. The molecule has 202 valence electrons. The van der Waals surface area contributed by atoms with Crippen molar-refractivity contribution < 1.29 is 28.9 Å². The average molecular weight is 521 g/mol. The molecule has 8 heteroatoms. The van der Waals surface area contributed by atoms with Crippen LogP contribution in [0.3, 0.4) is 0 Å². The molecule has 0 N–H and O–H groups in total. The molecule has 0 fully saturated rings. The monoisotopic (exact) mass is 520 g/mol. The molecule has 0 saturated carbocycles. The molecule has 2 aromatic carbocycles. The van der Waals surface area contributed by atoms with E-state index < -0.39 is 17.7 Å². The van der Waals surface area contributed by atoms with Crippen LogP contribution >= 0.6 is 0 Å². The summed E-state index contributed by atoms with van der Waals surface area (Å²) in [6, 6.07) is 14.3. The van der Waals surface area contributed by atoms with E-state index in [1.807, 2.05) is 19.1 Å². The first-order chi connectivity index (χ1) is 18.3. The highest BCUT2D eigenvalue weighted by atomic mass is 16.7. The van der Waals surface area contributed by atoms with Crippen LogP contribution in [0.1, 0.15) is 95.0 Å². The lowest BCUT2D eigenvalue weighted by molar-refractivity contribution is -0.142. The first kappa shape index (κ1) is 30.3. The standard InChI is InChI=1S/C30H36N2O6/c1-5-7-9-11-27(31-37-21(3)33)29(32-38-22(4)34)25-17-13-23(14-18-25)24-15-19-26(20-16-24)30(36)28(35)12-10-8-6-2/h13-20H,5-12H2,1-4H3. The van der Waals surface area contributed by atoms with Gasteiger partial charge in [0.15, 0.2) is 0 Å². The largest absolute Gasteiger partial charge is 0.332 e. The Morgan fingerprint density at radius 2 is 1.11 bits per heavy atom. The van der Waals surface area contributed by atoms with Crippen molar-refractivity contribution in [2.75, 3.05) is 0 Å². The lowest BCUT2D eigenvalue weighted by atomic mass is 9.96. The Labute approximate surface area is 224 Å². The molecule has 0 aliphatic rings. The van der Waals surface area contributed by atoms with Crippen LogP contribution in [0.25, 0.3) is 11.1 Å². The number of Topliss-reactive ketones (excluding diaryl/α,β-unsaturated/α-hetero) is 2. The van der Waals surface area contributed by atoms with Crippen LogP contribution in [-0.2, 0) is 24.1 Å². The van der Waals surface area contributed by atoms with Crippen LogP contribution in [0.2, 0.25) is 0 Å². The van der Waals surface area contributed by atoms with Crippen LogP contribution in [0.4, 0.5) is 0 Å². The van der Waals surface area contributed by atoms with Gasteiger partial charge in [0.25, 0.3) is 0 Å². The van der Waals surface area contributed by atoms with Gasteiger partial charge in [-0.2, -0.15) is 0 Å². The van der Waals surface area contributed by atoms with Gasteiger partial charge in [-0.1, -0.05) is 98.4 Å². The minimum Gasteiger partial charge on any atom is -0.318 e. The van der Waals surface area contributed by atoms with Crippen molar-refractivity contribution in [1.82, 2.24) is 0 Å². The van der Waals surface area contributed by atoms with Crippen LogP contribution in [-0.4, -0.2) is 34.9 Å². The van der Waals surface area contributed by atoms with Crippen LogP contribution in [0.5, 0.6) is 0 Å². The lowest BCUT2D eigenvalue weighted by Crippen LogP contribution is -2.18. The van der Waals surface area contributed by atoms with Crippen molar-refractivity contribution in [2.45, 2.75) is 79.1 Å². The second-order valence-corrected chi connectivity index (χ2v) is 8.96. The van der Waals surface area contributed by atoms with E-state index in [0.717, 1.165) is 49.7 Å². The summed E-state index contributed by atoms with van der Waals surface area (Å²) < 4.78 is 0. The number of hydrogen-bond donors (Lipinski definition) is 0. The first-order valence-corrected chi connectivity index (χ1v) is 13.1. The van der Waals surface area contributed by atoms with E-state index in [1.54, 1.807) is 36.4 Å². The molecule has 0 aromatic heterocycles. The van der Waals surface area contributed by atoms with Crippen molar-refractivity contribution in [3.05, 3.63) is 59.7 Å². The smallest absolute Gasteiger partial charge is 0.318 e. The number of carbonyl (C=O) groups is 4. The number of oxime groups is 2. The molecule has 8 nitrogen and oxygen atoms in total. The maximum absolute atomic E-state index is 12.4. The Kier molecular flexibility index (Phi) is 12.8. The number of benzene rings is 2. The summed E-state index contributed by atoms with van der Waals surface area (Å²) in [7, 11) is 0. The number of unbranched alkanes of at least 4 members (excludes halogenated alkanes) is 4. The molecule has 0 radical (unpaired) electrons. The van der Waals surface area contributed by atoms with Crippen LogP contribution < -0.4 is 0 Å². The number of nitrogens with zero attached hydrogens (tertiary/aromatic N) is 2. The van der Waals surface area contributed by atoms with E-state index in [2.05, 4.69) is 17.2 Å². The molecule has 0 atom stereocenters. The third-order valence-electron chi connectivity index (χ3n) is 5.74. The predicted octanol–water partition coefficient (Wildman–Crippen LogP) is 6.45. The van der Waals surface area contributed by atoms with Gasteiger partial charge >= 0.3 is 11.9 Å². The summed E-state index contributed by atoms with van der Waals surface area (Å²) in [5, 5.41) is 7.98. The number of ketones is 2. The zero-order valence-electron chi connectivity index (χ0n) is 22.6. The van der Waals surface area contributed by atoms with Gasteiger partial charge in [0.2, 0.25) is 11.6 Å². The molecule has 0 bridgehead atoms. The minimum absolute atomic E-state index is 0.272. The van der Waals surface area contributed by atoms with Crippen molar-refractivity contribution in [3.63, 3.8) is 0 Å². The summed E-state index contributed by atoms with van der Waals surface area (Å²) in [5.74, 6) is -1.97. The highest BCUT2D eigenvalue weighted by molar-refractivity contribution is 6.48. The fraction of sp³-hybridized carbons (Fsp3) is 0.400. The first-order valence-electron chi connectivity index (χ1n) is 13.1. The van der Waals surface area contributed by atoms with Gasteiger partial charge in [0, 0.05) is 31.4 Å². The molecule has 0 aliphatic heterocycles. The van der Waals surface area contributed by atoms with Gasteiger partial charge in [-0.15, -0.1) is 0 Å². The SMILES string of the molecule is CCCCCC(=O)C(=O)c1ccc(-c2ccc(C(=NOC(C)=O)C(CCCCC)=NOC(C)=O)cc2)cc1. The summed E-state index contributed by atoms with van der Waals surface area (Å²) in [6.07, 6.45) is 6.12. The maximum atomic E-state index is 12.4. The van der Waals surface area contributed by atoms with Crippen LogP contribution in [0.15, 0.2) is 58.8 Å². The molecular formula is C30H36N2O6. The van der Waals surface area contributed by atoms with Gasteiger partial charge in [-0.05, 0) is 30.4 Å². The third kappa shape index (κ3) is 9.84. The summed E-state index contributed by atoms with van der Waals surface area (Å²) in [5.41, 5.74) is 3.43. The number of rotatable bonds is 15. The fourth-order valence-corrected chi connectivity index (χ4v) is 3.70. The van der Waals surface area contributed by atoms with E-state index in [-0.39, 0.29) is 12.2 Å². The molecule has 0 saturated heterocycles. The molecule has 0 aliphatic carbocycles. The van der Waals surface area contributed by atoms with Gasteiger partial charge in [-0.3, -0.25) is 9.59 Å². The van der Waals surface area contributed by atoms with E-state index in [1.165, 1.54) is 13.8 Å². The topological polar surface area (TPSA) is 111 Å². The van der Waals surface area contributed by atoms with Crippen molar-refractivity contribution in [3.8, 4) is 11.1 Å². The second kappa shape index (κ2) is 16.0. The van der Waals surface area contributed by atoms with E-state index in [9.17, 15) is 19.2 Å². The highest BCUT2D eigenvalue weighted by Gasteiger charge is 2.17. The number of carbonyl (C=O) groups excluding carboxylic acids is 4. The zero-order valence-corrected chi connectivity index (χ0v) is 22.6. The second-order valence-electron chi connectivity index (χ2n) is 8.96. The van der Waals surface area contributed by atoms with E-state index in [0.29, 0.717) is 29.0 Å². The molecule has 2 rings (SSSR count). The third-order valence-corrected chi connectivity index (χ3v) is 5.74. The van der Waals surface area contributed by atoms with Crippen molar-refractivity contribution >= 4 is 34.9 Å². The van der Waals surface area contributed by atoms with Gasteiger partial charge in [0.1, 0.15) is 11.4 Å². The molecule has 38 heavy (non-hydrogen) atoms. The van der Waals surface area contributed by atoms with E-state index >= 15 is 0 Å². The molecule has 0 amide bonds. The van der Waals surface area contributed by atoms with Crippen molar-refractivity contribution in [2.24, 2.45) is 10.3 Å². The zero-order chi connectivity index (χ0) is 27.9. The molecule has 0 spiro atoms. The maximum Gasteiger partial charge on any atom is 0.332 e. The molecular weight excluding hydrogens is 484 g/mol. The van der Waals surface area contributed by atoms with Gasteiger partial charge in [0.05, 0.1) is 0 Å². The number of hydrogen-bond acceptors (Lipinski definition) is 8. The Morgan fingerprint density at radius 3 is 1.61 bits per heavy atom.